The Hall–Kier alpha value is -0.810. The summed E-state index contributed by atoms with van der Waals surface area (Å²) >= 11 is 2.33. The van der Waals surface area contributed by atoms with Crippen LogP contribution in [0.15, 0.2) is 47.1 Å². The van der Waals surface area contributed by atoms with E-state index in [9.17, 15) is 0 Å². The molecule has 1 N–H and O–H groups in total. The maximum atomic E-state index is 5.33. The molecule has 1 unspecified atom stereocenters. The molecule has 0 fully saturated rings. The minimum absolute atomic E-state index is 0.495. The van der Waals surface area contributed by atoms with Crippen LogP contribution in [0.4, 0.5) is 0 Å². The van der Waals surface area contributed by atoms with Crippen molar-refractivity contribution in [1.82, 2.24) is 5.32 Å². The summed E-state index contributed by atoms with van der Waals surface area (Å²) < 4.78 is 6.61. The van der Waals surface area contributed by atoms with Crippen LogP contribution in [0, 0.1) is 3.57 Å². The van der Waals surface area contributed by atoms with Crippen LogP contribution < -0.4 is 5.32 Å². The van der Waals surface area contributed by atoms with Gasteiger partial charge in [0.1, 0.15) is 5.76 Å². The van der Waals surface area contributed by atoms with Gasteiger partial charge in [0, 0.05) is 22.6 Å². The Morgan fingerprint density at radius 2 is 2.00 bits per heavy atom. The molecule has 18 heavy (non-hydrogen) atoms. The fourth-order valence-electron chi connectivity index (χ4n) is 1.81. The van der Waals surface area contributed by atoms with E-state index in [-0.39, 0.29) is 0 Å². The zero-order valence-electron chi connectivity index (χ0n) is 10.5. The molecule has 1 aromatic heterocycles. The molecule has 0 aliphatic rings. The van der Waals surface area contributed by atoms with Gasteiger partial charge < -0.3 is 9.73 Å². The average Bonchev–Trinajstić information content (AvgIpc) is 2.89. The number of hydrogen-bond donors (Lipinski definition) is 1. The van der Waals surface area contributed by atoms with Crippen LogP contribution in [0.2, 0.25) is 0 Å². The summed E-state index contributed by atoms with van der Waals surface area (Å²) in [5.74, 6) is 1.07. The quantitative estimate of drug-likeness (QED) is 0.793. The van der Waals surface area contributed by atoms with Crippen molar-refractivity contribution in [1.29, 1.82) is 0 Å². The van der Waals surface area contributed by atoms with Crippen molar-refractivity contribution < 1.29 is 4.42 Å². The van der Waals surface area contributed by atoms with Gasteiger partial charge in [-0.2, -0.15) is 0 Å². The third kappa shape index (κ3) is 4.46. The highest BCUT2D eigenvalue weighted by Crippen LogP contribution is 2.08. The minimum atomic E-state index is 0.495. The van der Waals surface area contributed by atoms with Gasteiger partial charge in [0.15, 0.2) is 0 Å². The molecule has 1 heterocycles. The highest BCUT2D eigenvalue weighted by molar-refractivity contribution is 14.1. The van der Waals surface area contributed by atoms with E-state index in [1.54, 1.807) is 6.26 Å². The lowest BCUT2D eigenvalue weighted by Gasteiger charge is -2.13. The van der Waals surface area contributed by atoms with Gasteiger partial charge >= 0.3 is 0 Å². The summed E-state index contributed by atoms with van der Waals surface area (Å²) in [7, 11) is 0. The normalized spacial score (nSPS) is 12.6. The molecule has 0 radical (unpaired) electrons. The summed E-state index contributed by atoms with van der Waals surface area (Å²) in [5, 5.41) is 3.54. The van der Waals surface area contributed by atoms with Gasteiger partial charge in [0.25, 0.3) is 0 Å². The molecule has 0 aliphatic heterocycles. The molecule has 1 aromatic carbocycles. The highest BCUT2D eigenvalue weighted by Gasteiger charge is 2.03. The molecule has 3 heteroatoms. The SMILES string of the molecule is CC(CCc1ccco1)NCc1ccc(I)cc1. The Morgan fingerprint density at radius 3 is 2.67 bits per heavy atom. The largest absolute Gasteiger partial charge is 0.469 e. The van der Waals surface area contributed by atoms with Crippen LogP contribution in [0.1, 0.15) is 24.7 Å². The Morgan fingerprint density at radius 1 is 1.22 bits per heavy atom. The fraction of sp³-hybridized carbons (Fsp3) is 0.333. The first-order chi connectivity index (χ1) is 8.74. The van der Waals surface area contributed by atoms with E-state index in [2.05, 4.69) is 59.1 Å². The number of halogens is 1. The molecule has 0 saturated carbocycles. The second kappa shape index (κ2) is 6.95. The van der Waals surface area contributed by atoms with E-state index in [1.807, 2.05) is 12.1 Å². The van der Waals surface area contributed by atoms with Gasteiger partial charge in [-0.1, -0.05) is 12.1 Å². The summed E-state index contributed by atoms with van der Waals surface area (Å²) in [6.45, 7) is 3.14. The molecular weight excluding hydrogens is 337 g/mol. The predicted octanol–water partition coefficient (Wildman–Crippen LogP) is 4.00. The van der Waals surface area contributed by atoms with Crippen LogP contribution >= 0.6 is 22.6 Å². The van der Waals surface area contributed by atoms with E-state index >= 15 is 0 Å². The van der Waals surface area contributed by atoms with Crippen LogP contribution in [-0.4, -0.2) is 6.04 Å². The number of furan rings is 1. The molecule has 1 atom stereocenters. The summed E-state index contributed by atoms with van der Waals surface area (Å²) in [6, 6.07) is 13.1. The zero-order valence-corrected chi connectivity index (χ0v) is 12.7. The molecule has 0 saturated heterocycles. The molecule has 0 bridgehead atoms. The van der Waals surface area contributed by atoms with E-state index in [0.717, 1.165) is 25.1 Å². The number of nitrogens with one attached hydrogen (secondary N) is 1. The first kappa shape index (κ1) is 13.6. The van der Waals surface area contributed by atoms with Crippen LogP contribution in [0.5, 0.6) is 0 Å². The van der Waals surface area contributed by atoms with Gasteiger partial charge in [-0.15, -0.1) is 0 Å². The number of rotatable bonds is 6. The van der Waals surface area contributed by atoms with Crippen molar-refractivity contribution in [2.24, 2.45) is 0 Å². The first-order valence-electron chi connectivity index (χ1n) is 6.24. The van der Waals surface area contributed by atoms with Crippen molar-refractivity contribution in [2.75, 3.05) is 0 Å². The standard InChI is InChI=1S/C15H18INO/c1-12(4-9-15-3-2-10-18-15)17-11-13-5-7-14(16)8-6-13/h2-3,5-8,10,12,17H,4,9,11H2,1H3. The minimum Gasteiger partial charge on any atom is -0.469 e. The van der Waals surface area contributed by atoms with E-state index in [4.69, 9.17) is 4.42 Å². The van der Waals surface area contributed by atoms with Crippen LogP contribution in [-0.2, 0) is 13.0 Å². The molecule has 2 nitrogen and oxygen atoms in total. The lowest BCUT2D eigenvalue weighted by Crippen LogP contribution is -2.25. The average molecular weight is 355 g/mol. The maximum absolute atomic E-state index is 5.33. The monoisotopic (exact) mass is 355 g/mol. The molecule has 2 rings (SSSR count). The Labute approximate surface area is 122 Å². The van der Waals surface area contributed by atoms with Gasteiger partial charge in [-0.05, 0) is 65.8 Å². The summed E-state index contributed by atoms with van der Waals surface area (Å²) in [5.41, 5.74) is 1.33. The van der Waals surface area contributed by atoms with Gasteiger partial charge in [-0.3, -0.25) is 0 Å². The van der Waals surface area contributed by atoms with Gasteiger partial charge in [-0.25, -0.2) is 0 Å². The highest BCUT2D eigenvalue weighted by atomic mass is 127. The van der Waals surface area contributed by atoms with Crippen molar-refractivity contribution in [3.8, 4) is 0 Å². The number of benzene rings is 1. The van der Waals surface area contributed by atoms with Crippen LogP contribution in [0.25, 0.3) is 0 Å². The lowest BCUT2D eigenvalue weighted by atomic mass is 10.1. The van der Waals surface area contributed by atoms with Crippen molar-refractivity contribution >= 4 is 22.6 Å². The molecular formula is C15H18INO. The molecule has 0 aliphatic carbocycles. The smallest absolute Gasteiger partial charge is 0.103 e. The van der Waals surface area contributed by atoms with Crippen molar-refractivity contribution in [2.45, 2.75) is 32.4 Å². The Kier molecular flexibility index (Phi) is 5.26. The topological polar surface area (TPSA) is 25.2 Å². The van der Waals surface area contributed by atoms with Crippen molar-refractivity contribution in [3.05, 3.63) is 57.6 Å². The van der Waals surface area contributed by atoms with E-state index < -0.39 is 0 Å². The van der Waals surface area contributed by atoms with Gasteiger partial charge in [0.05, 0.1) is 6.26 Å². The molecule has 2 aromatic rings. The third-order valence-corrected chi connectivity index (χ3v) is 3.69. The van der Waals surface area contributed by atoms with Crippen molar-refractivity contribution in [3.63, 3.8) is 0 Å². The molecule has 0 spiro atoms. The third-order valence-electron chi connectivity index (χ3n) is 2.97. The number of hydrogen-bond acceptors (Lipinski definition) is 2. The first-order valence-corrected chi connectivity index (χ1v) is 7.32. The molecule has 96 valence electrons. The second-order valence-electron chi connectivity index (χ2n) is 4.53. The number of aryl methyl sites for hydroxylation is 1. The Balaban J connectivity index is 1.71. The summed E-state index contributed by atoms with van der Waals surface area (Å²) in [4.78, 5) is 0. The zero-order chi connectivity index (χ0) is 12.8. The maximum Gasteiger partial charge on any atom is 0.103 e. The molecule has 0 amide bonds. The van der Waals surface area contributed by atoms with Crippen LogP contribution in [0.3, 0.4) is 0 Å². The van der Waals surface area contributed by atoms with E-state index in [1.165, 1.54) is 9.13 Å². The predicted molar refractivity (Wildman–Crippen MR) is 82.5 cm³/mol. The fourth-order valence-corrected chi connectivity index (χ4v) is 2.17. The summed E-state index contributed by atoms with van der Waals surface area (Å²) in [6.07, 6.45) is 3.82. The lowest BCUT2D eigenvalue weighted by molar-refractivity contribution is 0.460. The van der Waals surface area contributed by atoms with Gasteiger partial charge in [0.2, 0.25) is 0 Å². The Bertz CT molecular complexity index is 450. The second-order valence-corrected chi connectivity index (χ2v) is 5.77. The van der Waals surface area contributed by atoms with E-state index in [0.29, 0.717) is 6.04 Å².